The lowest BCUT2D eigenvalue weighted by Gasteiger charge is -2.19. The van der Waals surface area contributed by atoms with Gasteiger partial charge < -0.3 is 13.7 Å². The summed E-state index contributed by atoms with van der Waals surface area (Å²) in [5.74, 6) is -1.46. The molecule has 4 aromatic rings. The SMILES string of the molecule is Cc1onc(-c2c(F)cccc2Cl)c1C(=O)OCC(=O)N1N=C(c2cccs2)C[C@H]1c1ccco1. The second kappa shape index (κ2) is 9.47. The zero-order valence-corrected chi connectivity index (χ0v) is 19.8. The van der Waals surface area contributed by atoms with Crippen LogP contribution in [0.3, 0.4) is 0 Å². The normalized spacial score (nSPS) is 15.3. The molecule has 0 saturated carbocycles. The monoisotopic (exact) mass is 513 g/mol. The summed E-state index contributed by atoms with van der Waals surface area (Å²) in [6, 6.07) is 10.9. The summed E-state index contributed by atoms with van der Waals surface area (Å²) in [6.45, 7) is 0.876. The molecule has 4 heterocycles. The molecule has 11 heteroatoms. The minimum atomic E-state index is -0.900. The highest BCUT2D eigenvalue weighted by molar-refractivity contribution is 7.12. The van der Waals surface area contributed by atoms with Gasteiger partial charge in [0, 0.05) is 6.42 Å². The summed E-state index contributed by atoms with van der Waals surface area (Å²) < 4.78 is 30.3. The minimum absolute atomic E-state index is 0.0530. The molecule has 8 nitrogen and oxygen atoms in total. The summed E-state index contributed by atoms with van der Waals surface area (Å²) >= 11 is 7.64. The molecule has 178 valence electrons. The Morgan fingerprint density at radius 2 is 2.11 bits per heavy atom. The van der Waals surface area contributed by atoms with Gasteiger partial charge in [-0.05, 0) is 42.6 Å². The zero-order valence-electron chi connectivity index (χ0n) is 18.2. The molecule has 1 aliphatic heterocycles. The molecule has 5 rings (SSSR count). The van der Waals surface area contributed by atoms with E-state index in [-0.39, 0.29) is 27.6 Å². The van der Waals surface area contributed by atoms with E-state index in [0.29, 0.717) is 12.2 Å². The highest BCUT2D eigenvalue weighted by Gasteiger charge is 2.36. The summed E-state index contributed by atoms with van der Waals surface area (Å²) in [4.78, 5) is 26.9. The Morgan fingerprint density at radius 3 is 2.83 bits per heavy atom. The smallest absolute Gasteiger partial charge is 0.344 e. The number of amides is 1. The maximum Gasteiger partial charge on any atom is 0.344 e. The number of thiophene rings is 1. The second-order valence-corrected chi connectivity index (χ2v) is 8.99. The zero-order chi connectivity index (χ0) is 24.5. The van der Waals surface area contributed by atoms with Gasteiger partial charge in [-0.25, -0.2) is 14.2 Å². The summed E-state index contributed by atoms with van der Waals surface area (Å²) in [7, 11) is 0. The van der Waals surface area contributed by atoms with Gasteiger partial charge in [-0.1, -0.05) is 28.9 Å². The largest absolute Gasteiger partial charge is 0.467 e. The Labute approximate surface area is 207 Å². The van der Waals surface area contributed by atoms with Crippen molar-refractivity contribution in [2.45, 2.75) is 19.4 Å². The molecule has 0 unspecified atom stereocenters. The molecule has 0 radical (unpaired) electrons. The van der Waals surface area contributed by atoms with Crippen molar-refractivity contribution < 1.29 is 27.7 Å². The summed E-state index contributed by atoms with van der Waals surface area (Å²) in [5.41, 5.74) is 0.423. The number of furan rings is 1. The molecule has 0 bridgehead atoms. The second-order valence-electron chi connectivity index (χ2n) is 7.63. The number of carbonyl (C=O) groups excluding carboxylic acids is 2. The van der Waals surface area contributed by atoms with Gasteiger partial charge in [0.1, 0.15) is 34.6 Å². The number of carbonyl (C=O) groups is 2. The van der Waals surface area contributed by atoms with Gasteiger partial charge in [0.05, 0.1) is 27.4 Å². The molecule has 1 amide bonds. The van der Waals surface area contributed by atoms with E-state index in [2.05, 4.69) is 10.3 Å². The number of halogens is 2. The lowest BCUT2D eigenvalue weighted by molar-refractivity contribution is -0.136. The van der Waals surface area contributed by atoms with E-state index in [1.165, 1.54) is 47.7 Å². The third-order valence-electron chi connectivity index (χ3n) is 5.44. The van der Waals surface area contributed by atoms with Crippen molar-refractivity contribution in [1.82, 2.24) is 10.2 Å². The molecule has 0 aliphatic carbocycles. The maximum absolute atomic E-state index is 14.4. The molecule has 1 aromatic carbocycles. The van der Waals surface area contributed by atoms with Gasteiger partial charge >= 0.3 is 5.97 Å². The van der Waals surface area contributed by atoms with E-state index >= 15 is 0 Å². The quantitative estimate of drug-likeness (QED) is 0.310. The molecule has 0 spiro atoms. The number of hydrogen-bond acceptors (Lipinski definition) is 8. The molecular weight excluding hydrogens is 497 g/mol. The van der Waals surface area contributed by atoms with E-state index < -0.39 is 30.3 Å². The van der Waals surface area contributed by atoms with E-state index in [4.69, 9.17) is 25.3 Å². The summed E-state index contributed by atoms with van der Waals surface area (Å²) in [5, 5.41) is 11.5. The molecule has 0 fully saturated rings. The van der Waals surface area contributed by atoms with E-state index in [9.17, 15) is 14.0 Å². The van der Waals surface area contributed by atoms with Crippen LogP contribution in [0.1, 0.15) is 39.2 Å². The number of nitrogens with zero attached hydrogens (tertiary/aromatic N) is 3. The Balaban J connectivity index is 1.37. The first kappa shape index (κ1) is 23.0. The van der Waals surface area contributed by atoms with Gasteiger partial charge in [0.15, 0.2) is 6.61 Å². The maximum atomic E-state index is 14.4. The number of aromatic nitrogens is 1. The predicted molar refractivity (Wildman–Crippen MR) is 126 cm³/mol. The van der Waals surface area contributed by atoms with Crippen LogP contribution in [-0.2, 0) is 9.53 Å². The van der Waals surface area contributed by atoms with Gasteiger partial charge in [-0.15, -0.1) is 11.3 Å². The third kappa shape index (κ3) is 4.38. The minimum Gasteiger partial charge on any atom is -0.467 e. The highest BCUT2D eigenvalue weighted by atomic mass is 35.5. The van der Waals surface area contributed by atoms with Gasteiger partial charge in [0.2, 0.25) is 0 Å². The van der Waals surface area contributed by atoms with Crippen LogP contribution in [0.4, 0.5) is 4.39 Å². The Kier molecular flexibility index (Phi) is 6.23. The third-order valence-corrected chi connectivity index (χ3v) is 6.67. The van der Waals surface area contributed by atoms with Crippen LogP contribution in [0.5, 0.6) is 0 Å². The van der Waals surface area contributed by atoms with E-state index in [1.54, 1.807) is 12.1 Å². The number of ether oxygens (including phenoxy) is 1. The number of benzene rings is 1. The standard InChI is InChI=1S/C24H17ClFN3O5S/c1-13-21(23(28-34-13)22-14(25)5-2-6-15(22)26)24(31)33-12-20(30)29-17(18-7-3-9-32-18)11-16(27-29)19-8-4-10-35-19/h2-10,17H,11-12H2,1H3/t17-/m0/s1. The van der Waals surface area contributed by atoms with Crippen molar-refractivity contribution in [1.29, 1.82) is 0 Å². The molecule has 0 saturated heterocycles. The van der Waals surface area contributed by atoms with Crippen LogP contribution >= 0.6 is 22.9 Å². The van der Waals surface area contributed by atoms with Gasteiger partial charge in [-0.3, -0.25) is 4.79 Å². The first-order chi connectivity index (χ1) is 16.9. The fourth-order valence-corrected chi connectivity index (χ4v) is 4.78. The molecule has 3 aromatic heterocycles. The average molecular weight is 514 g/mol. The van der Waals surface area contributed by atoms with Crippen molar-refractivity contribution in [3.05, 3.63) is 86.9 Å². The Bertz CT molecular complexity index is 1390. The molecule has 1 aliphatic rings. The first-order valence-electron chi connectivity index (χ1n) is 10.5. The Hall–Kier alpha value is -3.76. The highest BCUT2D eigenvalue weighted by Crippen LogP contribution is 2.35. The Morgan fingerprint density at radius 1 is 1.26 bits per heavy atom. The fraction of sp³-hybridized carbons (Fsp3) is 0.167. The van der Waals surface area contributed by atoms with Crippen molar-refractivity contribution in [2.24, 2.45) is 5.10 Å². The number of esters is 1. The average Bonchev–Trinajstić information content (AvgIpc) is 3.64. The lowest BCUT2D eigenvalue weighted by Crippen LogP contribution is -2.31. The molecule has 0 N–H and O–H groups in total. The van der Waals surface area contributed by atoms with E-state index in [0.717, 1.165) is 10.6 Å². The number of rotatable bonds is 6. The van der Waals surface area contributed by atoms with Crippen LogP contribution in [-0.4, -0.2) is 34.4 Å². The molecular formula is C24H17ClFN3O5S. The van der Waals surface area contributed by atoms with Crippen molar-refractivity contribution in [3.8, 4) is 11.3 Å². The van der Waals surface area contributed by atoms with Crippen LogP contribution in [0.25, 0.3) is 11.3 Å². The number of hydrogen-bond donors (Lipinski definition) is 0. The van der Waals surface area contributed by atoms with E-state index in [1.807, 2.05) is 17.5 Å². The first-order valence-corrected chi connectivity index (χ1v) is 11.7. The number of hydrazone groups is 1. The molecule has 35 heavy (non-hydrogen) atoms. The predicted octanol–water partition coefficient (Wildman–Crippen LogP) is 5.63. The van der Waals surface area contributed by atoms with Crippen LogP contribution in [0.15, 0.2) is 68.1 Å². The van der Waals surface area contributed by atoms with Crippen molar-refractivity contribution >= 4 is 40.5 Å². The molecule has 1 atom stereocenters. The van der Waals surface area contributed by atoms with Crippen LogP contribution in [0, 0.1) is 12.7 Å². The fourth-order valence-electron chi connectivity index (χ4n) is 3.81. The van der Waals surface area contributed by atoms with Gasteiger partial charge in [-0.2, -0.15) is 5.10 Å². The lowest BCUT2D eigenvalue weighted by atomic mass is 10.1. The topological polar surface area (TPSA) is 98.1 Å². The van der Waals surface area contributed by atoms with Crippen molar-refractivity contribution in [3.63, 3.8) is 0 Å². The number of aryl methyl sites for hydroxylation is 1. The van der Waals surface area contributed by atoms with Gasteiger partial charge in [0.25, 0.3) is 5.91 Å². The van der Waals surface area contributed by atoms with Crippen molar-refractivity contribution in [2.75, 3.05) is 6.61 Å². The summed E-state index contributed by atoms with van der Waals surface area (Å²) in [6.07, 6.45) is 1.97. The van der Waals surface area contributed by atoms with Crippen LogP contribution < -0.4 is 0 Å². The van der Waals surface area contributed by atoms with Crippen LogP contribution in [0.2, 0.25) is 5.02 Å².